The second-order valence-corrected chi connectivity index (χ2v) is 6.17. The number of nitrogens with one attached hydrogen (secondary N) is 1. The molecule has 1 amide bonds. The van der Waals surface area contributed by atoms with Crippen LogP contribution in [0.2, 0.25) is 0 Å². The van der Waals surface area contributed by atoms with E-state index in [4.69, 9.17) is 10.2 Å². The van der Waals surface area contributed by atoms with E-state index in [1.165, 1.54) is 0 Å². The summed E-state index contributed by atoms with van der Waals surface area (Å²) in [6.07, 6.45) is 3.49. The Morgan fingerprint density at radius 1 is 1.28 bits per heavy atom. The van der Waals surface area contributed by atoms with Crippen molar-refractivity contribution in [3.63, 3.8) is 0 Å². The molecule has 7 heteroatoms. The fourth-order valence-electron chi connectivity index (χ4n) is 3.22. The highest BCUT2D eigenvalue weighted by Gasteiger charge is 2.27. The van der Waals surface area contributed by atoms with Crippen molar-refractivity contribution in [3.05, 3.63) is 41.8 Å². The van der Waals surface area contributed by atoms with E-state index in [9.17, 15) is 4.79 Å². The van der Waals surface area contributed by atoms with Crippen LogP contribution in [-0.2, 0) is 11.2 Å². The van der Waals surface area contributed by atoms with E-state index in [-0.39, 0.29) is 43.2 Å². The fourth-order valence-corrected chi connectivity index (χ4v) is 3.22. The zero-order valence-electron chi connectivity index (χ0n) is 14.2. The van der Waals surface area contributed by atoms with E-state index in [0.29, 0.717) is 29.8 Å². The van der Waals surface area contributed by atoms with E-state index in [1.807, 2.05) is 37.3 Å². The number of aryl methyl sites for hydroxylation is 1. The van der Waals surface area contributed by atoms with Gasteiger partial charge in [0.05, 0.1) is 12.1 Å². The molecule has 1 aliphatic carbocycles. The molecule has 1 fully saturated rings. The lowest BCUT2D eigenvalue weighted by Gasteiger charge is -2.19. The quantitative estimate of drug-likeness (QED) is 0.827. The topological polar surface area (TPSA) is 81.2 Å². The van der Waals surface area contributed by atoms with Gasteiger partial charge in [0.25, 0.3) is 0 Å². The molecule has 0 bridgehead atoms. The summed E-state index contributed by atoms with van der Waals surface area (Å²) >= 11 is 0. The second-order valence-electron chi connectivity index (χ2n) is 6.17. The SMILES string of the molecule is Cc1oc(-c2ccccc2)nc1CC(=O)NC1CCCC1CN.Cl.Cl. The largest absolute Gasteiger partial charge is 0.441 e. The third-order valence-electron chi connectivity index (χ3n) is 4.55. The van der Waals surface area contributed by atoms with E-state index >= 15 is 0 Å². The lowest BCUT2D eigenvalue weighted by molar-refractivity contribution is -0.121. The number of benzene rings is 1. The first kappa shape index (κ1) is 21.5. The standard InChI is InChI=1S/C18H23N3O2.2ClH/c1-12-16(21-18(23-12)13-6-3-2-4-7-13)10-17(22)20-15-9-5-8-14(15)11-19;;/h2-4,6-7,14-15H,5,8-11,19H2,1H3,(H,20,22);2*1H. The van der Waals surface area contributed by atoms with Crippen LogP contribution < -0.4 is 11.1 Å². The number of carbonyl (C=O) groups excluding carboxylic acids is 1. The minimum absolute atomic E-state index is 0. The van der Waals surface area contributed by atoms with E-state index < -0.39 is 0 Å². The number of amides is 1. The maximum atomic E-state index is 12.3. The molecular formula is C18H25Cl2N3O2. The van der Waals surface area contributed by atoms with Gasteiger partial charge in [-0.1, -0.05) is 24.6 Å². The number of carbonyl (C=O) groups is 1. The molecule has 2 atom stereocenters. The monoisotopic (exact) mass is 385 g/mol. The van der Waals surface area contributed by atoms with Gasteiger partial charge >= 0.3 is 0 Å². The molecule has 1 aromatic carbocycles. The lowest BCUT2D eigenvalue weighted by Crippen LogP contribution is -2.40. The molecule has 1 aliphatic rings. The van der Waals surface area contributed by atoms with Crippen LogP contribution in [0.1, 0.15) is 30.7 Å². The summed E-state index contributed by atoms with van der Waals surface area (Å²) < 4.78 is 5.70. The van der Waals surface area contributed by atoms with Gasteiger partial charge in [-0.15, -0.1) is 24.8 Å². The highest BCUT2D eigenvalue weighted by atomic mass is 35.5. The highest BCUT2D eigenvalue weighted by Crippen LogP contribution is 2.25. The molecule has 3 rings (SSSR count). The Morgan fingerprint density at radius 2 is 2.00 bits per heavy atom. The summed E-state index contributed by atoms with van der Waals surface area (Å²) in [5.74, 6) is 1.65. The first-order valence-electron chi connectivity index (χ1n) is 8.18. The van der Waals surface area contributed by atoms with Gasteiger partial charge in [-0.05, 0) is 44.4 Å². The summed E-state index contributed by atoms with van der Waals surface area (Å²) in [7, 11) is 0. The van der Waals surface area contributed by atoms with E-state index in [0.717, 1.165) is 24.8 Å². The zero-order chi connectivity index (χ0) is 16.2. The number of hydrogen-bond donors (Lipinski definition) is 2. The molecule has 3 N–H and O–H groups in total. The predicted octanol–water partition coefficient (Wildman–Crippen LogP) is 3.28. The van der Waals surface area contributed by atoms with Gasteiger partial charge in [0.2, 0.25) is 11.8 Å². The van der Waals surface area contributed by atoms with Crippen LogP contribution in [0.15, 0.2) is 34.7 Å². The first-order valence-corrected chi connectivity index (χ1v) is 8.18. The summed E-state index contributed by atoms with van der Waals surface area (Å²) in [5, 5.41) is 3.10. The summed E-state index contributed by atoms with van der Waals surface area (Å²) in [6, 6.07) is 9.92. The third kappa shape index (κ3) is 5.21. The van der Waals surface area contributed by atoms with E-state index in [2.05, 4.69) is 10.3 Å². The molecule has 0 radical (unpaired) electrons. The number of aromatic nitrogens is 1. The Hall–Kier alpha value is -1.56. The van der Waals surface area contributed by atoms with Crippen LogP contribution in [-0.4, -0.2) is 23.5 Å². The minimum Gasteiger partial charge on any atom is -0.441 e. The van der Waals surface area contributed by atoms with Gasteiger partial charge in [-0.3, -0.25) is 4.79 Å². The Kier molecular flexibility index (Phi) is 8.42. The second kappa shape index (κ2) is 9.80. The fraction of sp³-hybridized carbons (Fsp3) is 0.444. The van der Waals surface area contributed by atoms with Crippen LogP contribution in [0.5, 0.6) is 0 Å². The molecule has 1 saturated carbocycles. The van der Waals surface area contributed by atoms with Crippen molar-refractivity contribution < 1.29 is 9.21 Å². The maximum Gasteiger partial charge on any atom is 0.226 e. The Balaban J connectivity index is 0.00000156. The third-order valence-corrected chi connectivity index (χ3v) is 4.55. The van der Waals surface area contributed by atoms with Crippen LogP contribution in [0, 0.1) is 12.8 Å². The molecule has 2 aromatic rings. The Bertz CT molecular complexity index is 676. The van der Waals surface area contributed by atoms with Crippen LogP contribution in [0.3, 0.4) is 0 Å². The number of nitrogens with zero attached hydrogens (tertiary/aromatic N) is 1. The van der Waals surface area contributed by atoms with Crippen molar-refractivity contribution in [2.75, 3.05) is 6.54 Å². The van der Waals surface area contributed by atoms with Crippen molar-refractivity contribution in [3.8, 4) is 11.5 Å². The van der Waals surface area contributed by atoms with Gasteiger partial charge in [0.15, 0.2) is 0 Å². The summed E-state index contributed by atoms with van der Waals surface area (Å²) in [4.78, 5) is 16.8. The number of hydrogen-bond acceptors (Lipinski definition) is 4. The van der Waals surface area contributed by atoms with Gasteiger partial charge in [-0.25, -0.2) is 4.98 Å². The van der Waals surface area contributed by atoms with Gasteiger partial charge in [0, 0.05) is 11.6 Å². The molecule has 2 unspecified atom stereocenters. The lowest BCUT2D eigenvalue weighted by atomic mass is 10.0. The van der Waals surface area contributed by atoms with Gasteiger partial charge in [-0.2, -0.15) is 0 Å². The molecule has 1 aromatic heterocycles. The van der Waals surface area contributed by atoms with E-state index in [1.54, 1.807) is 0 Å². The molecule has 0 spiro atoms. The molecule has 25 heavy (non-hydrogen) atoms. The molecule has 5 nitrogen and oxygen atoms in total. The van der Waals surface area contributed by atoms with Crippen molar-refractivity contribution in [2.24, 2.45) is 11.7 Å². The average molecular weight is 386 g/mol. The predicted molar refractivity (Wildman–Crippen MR) is 103 cm³/mol. The normalized spacial score (nSPS) is 19.0. The van der Waals surface area contributed by atoms with Gasteiger partial charge in [0.1, 0.15) is 5.76 Å². The first-order chi connectivity index (χ1) is 11.2. The van der Waals surface area contributed by atoms with Crippen LogP contribution >= 0.6 is 24.8 Å². The molecular weight excluding hydrogens is 361 g/mol. The number of halogens is 2. The summed E-state index contributed by atoms with van der Waals surface area (Å²) in [5.41, 5.74) is 7.38. The van der Waals surface area contributed by atoms with Crippen molar-refractivity contribution >= 4 is 30.7 Å². The average Bonchev–Trinajstić information content (AvgIpc) is 3.15. The summed E-state index contributed by atoms with van der Waals surface area (Å²) in [6.45, 7) is 2.48. The zero-order valence-corrected chi connectivity index (χ0v) is 15.9. The number of nitrogens with two attached hydrogens (primary N) is 1. The van der Waals surface area contributed by atoms with Crippen LogP contribution in [0.4, 0.5) is 0 Å². The molecule has 0 saturated heterocycles. The van der Waals surface area contributed by atoms with Crippen LogP contribution in [0.25, 0.3) is 11.5 Å². The van der Waals surface area contributed by atoms with Crippen molar-refractivity contribution in [1.82, 2.24) is 10.3 Å². The molecule has 138 valence electrons. The highest BCUT2D eigenvalue weighted by molar-refractivity contribution is 5.85. The Labute approximate surface area is 160 Å². The number of oxazole rings is 1. The van der Waals surface area contributed by atoms with Crippen molar-refractivity contribution in [1.29, 1.82) is 0 Å². The Morgan fingerprint density at radius 3 is 2.68 bits per heavy atom. The molecule has 1 heterocycles. The maximum absolute atomic E-state index is 12.3. The van der Waals surface area contributed by atoms with Gasteiger partial charge < -0.3 is 15.5 Å². The smallest absolute Gasteiger partial charge is 0.226 e. The number of rotatable bonds is 5. The molecule has 0 aliphatic heterocycles. The van der Waals surface area contributed by atoms with Crippen molar-refractivity contribution in [2.45, 2.75) is 38.6 Å². The minimum atomic E-state index is -0.00800.